The van der Waals surface area contributed by atoms with Crippen molar-refractivity contribution >= 4 is 35.4 Å². The van der Waals surface area contributed by atoms with Crippen molar-refractivity contribution in [2.24, 2.45) is 11.7 Å². The Morgan fingerprint density at radius 3 is 2.18 bits per heavy atom. The zero-order valence-corrected chi connectivity index (χ0v) is 22.7. The van der Waals surface area contributed by atoms with Crippen LogP contribution in [0.15, 0.2) is 24.3 Å². The zero-order valence-electron chi connectivity index (χ0n) is 22.7. The van der Waals surface area contributed by atoms with E-state index in [2.05, 4.69) is 26.6 Å². The van der Waals surface area contributed by atoms with E-state index in [-0.39, 0.29) is 31.4 Å². The SMILES string of the molecule is CNCCCCC(=O)NC(C(=O)NC(CCCNC(N)=O)C(=O)Nc1ccc(COC(C)=O)cc1)C(C)C. The molecule has 0 heterocycles. The number of rotatable bonds is 17. The van der Waals surface area contributed by atoms with E-state index in [1.54, 1.807) is 24.3 Å². The zero-order chi connectivity index (χ0) is 28.5. The fraction of sp³-hybridized carbons (Fsp3) is 0.577. The number of esters is 1. The molecule has 0 bridgehead atoms. The molecule has 0 radical (unpaired) electrons. The molecule has 12 heteroatoms. The highest BCUT2D eigenvalue weighted by Gasteiger charge is 2.28. The summed E-state index contributed by atoms with van der Waals surface area (Å²) in [6, 6.07) is 4.33. The third kappa shape index (κ3) is 13.6. The minimum absolute atomic E-state index is 0.118. The molecule has 0 aliphatic rings. The first kappa shape index (κ1) is 32.4. The van der Waals surface area contributed by atoms with Gasteiger partial charge in [-0.2, -0.15) is 0 Å². The molecule has 5 amide bonds. The topological polar surface area (TPSA) is 181 Å². The molecule has 38 heavy (non-hydrogen) atoms. The molecule has 1 aromatic rings. The maximum Gasteiger partial charge on any atom is 0.312 e. The Kier molecular flexibility index (Phi) is 15.1. The van der Waals surface area contributed by atoms with Crippen molar-refractivity contribution in [2.45, 2.75) is 71.6 Å². The van der Waals surface area contributed by atoms with E-state index in [1.165, 1.54) is 6.92 Å². The molecule has 1 aromatic carbocycles. The van der Waals surface area contributed by atoms with Gasteiger partial charge < -0.3 is 37.1 Å². The fourth-order valence-electron chi connectivity index (χ4n) is 3.51. The quantitative estimate of drug-likeness (QED) is 0.128. The van der Waals surface area contributed by atoms with Crippen molar-refractivity contribution in [3.63, 3.8) is 0 Å². The lowest BCUT2D eigenvalue weighted by atomic mass is 10.0. The molecular weight excluding hydrogens is 492 g/mol. The number of ether oxygens (including phenoxy) is 1. The lowest BCUT2D eigenvalue weighted by Crippen LogP contribution is -2.54. The standard InChI is InChI=1S/C26H42N6O6/c1-17(2)23(32-22(34)9-5-6-14-28-4)25(36)31-21(8-7-15-29-26(27)37)24(35)30-20-12-10-19(11-13-20)16-38-18(3)33/h10-13,17,21,23,28H,5-9,14-16H2,1-4H3,(H,30,35)(H,31,36)(H,32,34)(H3,27,29,37). The van der Waals surface area contributed by atoms with Crippen molar-refractivity contribution in [3.8, 4) is 0 Å². The number of urea groups is 1. The van der Waals surface area contributed by atoms with Crippen LogP contribution in [0.4, 0.5) is 10.5 Å². The molecule has 12 nitrogen and oxygen atoms in total. The smallest absolute Gasteiger partial charge is 0.312 e. The summed E-state index contributed by atoms with van der Waals surface area (Å²) in [6.07, 6.45) is 2.44. The van der Waals surface area contributed by atoms with Crippen LogP contribution in [0.1, 0.15) is 58.4 Å². The first-order chi connectivity index (χ1) is 18.0. The Morgan fingerprint density at radius 2 is 1.61 bits per heavy atom. The number of benzene rings is 1. The van der Waals surface area contributed by atoms with Crippen LogP contribution in [0.2, 0.25) is 0 Å². The number of carbonyl (C=O) groups excluding carboxylic acids is 5. The predicted octanol–water partition coefficient (Wildman–Crippen LogP) is 1.15. The van der Waals surface area contributed by atoms with E-state index in [0.29, 0.717) is 24.9 Å². The van der Waals surface area contributed by atoms with Crippen LogP contribution in [-0.4, -0.2) is 61.9 Å². The van der Waals surface area contributed by atoms with Gasteiger partial charge in [-0.25, -0.2) is 4.79 Å². The largest absolute Gasteiger partial charge is 0.461 e. The van der Waals surface area contributed by atoms with Gasteiger partial charge in [-0.1, -0.05) is 26.0 Å². The minimum Gasteiger partial charge on any atom is -0.461 e. The Hall–Kier alpha value is -3.67. The summed E-state index contributed by atoms with van der Waals surface area (Å²) in [5.74, 6) is -1.75. The van der Waals surface area contributed by atoms with Crippen molar-refractivity contribution in [1.82, 2.24) is 21.3 Å². The van der Waals surface area contributed by atoms with Gasteiger partial charge in [0.25, 0.3) is 0 Å². The number of amides is 5. The summed E-state index contributed by atoms with van der Waals surface area (Å²) in [5.41, 5.74) is 6.35. The van der Waals surface area contributed by atoms with Crippen molar-refractivity contribution in [3.05, 3.63) is 29.8 Å². The van der Waals surface area contributed by atoms with Gasteiger partial charge in [0.15, 0.2) is 0 Å². The first-order valence-electron chi connectivity index (χ1n) is 12.8. The van der Waals surface area contributed by atoms with Gasteiger partial charge in [0.2, 0.25) is 17.7 Å². The number of nitrogens with one attached hydrogen (secondary N) is 5. The summed E-state index contributed by atoms with van der Waals surface area (Å²) in [6.45, 7) is 6.10. The summed E-state index contributed by atoms with van der Waals surface area (Å²) in [5, 5.41) is 13.8. The molecule has 0 saturated heterocycles. The number of hydrogen-bond acceptors (Lipinski definition) is 7. The van der Waals surface area contributed by atoms with Gasteiger partial charge in [0.05, 0.1) is 0 Å². The monoisotopic (exact) mass is 534 g/mol. The van der Waals surface area contributed by atoms with E-state index in [4.69, 9.17) is 10.5 Å². The van der Waals surface area contributed by atoms with Crippen LogP contribution < -0.4 is 32.3 Å². The number of primary amides is 1. The van der Waals surface area contributed by atoms with E-state index >= 15 is 0 Å². The highest BCUT2D eigenvalue weighted by Crippen LogP contribution is 2.13. The average molecular weight is 535 g/mol. The lowest BCUT2D eigenvalue weighted by molar-refractivity contribution is -0.142. The lowest BCUT2D eigenvalue weighted by Gasteiger charge is -2.25. The van der Waals surface area contributed by atoms with Crippen LogP contribution in [0, 0.1) is 5.92 Å². The van der Waals surface area contributed by atoms with Crippen molar-refractivity contribution in [2.75, 3.05) is 25.5 Å². The first-order valence-corrected chi connectivity index (χ1v) is 12.8. The van der Waals surface area contributed by atoms with Gasteiger partial charge in [-0.15, -0.1) is 0 Å². The van der Waals surface area contributed by atoms with E-state index in [1.807, 2.05) is 20.9 Å². The van der Waals surface area contributed by atoms with Crippen LogP contribution in [0.25, 0.3) is 0 Å². The Balaban J connectivity index is 2.86. The molecule has 0 aliphatic heterocycles. The van der Waals surface area contributed by atoms with Gasteiger partial charge in [0, 0.05) is 25.6 Å². The summed E-state index contributed by atoms with van der Waals surface area (Å²) >= 11 is 0. The third-order valence-electron chi connectivity index (χ3n) is 5.61. The molecule has 0 fully saturated rings. The molecule has 0 spiro atoms. The third-order valence-corrected chi connectivity index (χ3v) is 5.61. The number of carbonyl (C=O) groups is 5. The van der Waals surface area contributed by atoms with Crippen molar-refractivity contribution < 1.29 is 28.7 Å². The van der Waals surface area contributed by atoms with E-state index in [9.17, 15) is 24.0 Å². The second-order valence-electron chi connectivity index (χ2n) is 9.31. The molecule has 1 rings (SSSR count). The Bertz CT molecular complexity index is 921. The van der Waals surface area contributed by atoms with Gasteiger partial charge in [-0.3, -0.25) is 19.2 Å². The van der Waals surface area contributed by atoms with Crippen molar-refractivity contribution in [1.29, 1.82) is 0 Å². The molecule has 0 aliphatic carbocycles. The highest BCUT2D eigenvalue weighted by atomic mass is 16.5. The fourth-order valence-corrected chi connectivity index (χ4v) is 3.51. The Labute approximate surface area is 224 Å². The summed E-state index contributed by atoms with van der Waals surface area (Å²) in [7, 11) is 1.84. The van der Waals surface area contributed by atoms with E-state index < -0.39 is 35.9 Å². The number of unbranched alkanes of at least 4 members (excludes halogenated alkanes) is 1. The highest BCUT2D eigenvalue weighted by molar-refractivity contribution is 5.98. The summed E-state index contributed by atoms with van der Waals surface area (Å²) in [4.78, 5) is 60.6. The number of nitrogens with two attached hydrogens (primary N) is 1. The molecule has 2 atom stereocenters. The predicted molar refractivity (Wildman–Crippen MR) is 144 cm³/mol. The molecule has 0 aromatic heterocycles. The molecule has 2 unspecified atom stereocenters. The normalized spacial score (nSPS) is 12.2. The minimum atomic E-state index is -0.924. The van der Waals surface area contributed by atoms with Crippen LogP contribution in [0.5, 0.6) is 0 Å². The molecule has 0 saturated carbocycles. The van der Waals surface area contributed by atoms with E-state index in [0.717, 1.165) is 18.5 Å². The number of anilines is 1. The van der Waals surface area contributed by atoms with Crippen LogP contribution in [-0.2, 0) is 30.5 Å². The average Bonchev–Trinajstić information content (AvgIpc) is 2.86. The Morgan fingerprint density at radius 1 is 0.921 bits per heavy atom. The molecular formula is C26H42N6O6. The second kappa shape index (κ2) is 17.7. The van der Waals surface area contributed by atoms with Gasteiger partial charge in [0.1, 0.15) is 18.7 Å². The van der Waals surface area contributed by atoms with Gasteiger partial charge in [-0.05, 0) is 62.9 Å². The van der Waals surface area contributed by atoms with Crippen LogP contribution in [0.3, 0.4) is 0 Å². The maximum absolute atomic E-state index is 13.1. The molecule has 212 valence electrons. The molecule has 7 N–H and O–H groups in total. The number of hydrogen-bond donors (Lipinski definition) is 6. The van der Waals surface area contributed by atoms with Gasteiger partial charge >= 0.3 is 12.0 Å². The summed E-state index contributed by atoms with van der Waals surface area (Å²) < 4.78 is 4.96. The van der Waals surface area contributed by atoms with Crippen LogP contribution >= 0.6 is 0 Å². The maximum atomic E-state index is 13.1. The second-order valence-corrected chi connectivity index (χ2v) is 9.31.